The molecular formula is C14H22BrN3. The van der Waals surface area contributed by atoms with Gasteiger partial charge >= 0.3 is 0 Å². The molecule has 0 amide bonds. The maximum absolute atomic E-state index is 4.22. The van der Waals surface area contributed by atoms with Gasteiger partial charge in [0, 0.05) is 35.5 Å². The number of rotatable bonds is 5. The smallest absolute Gasteiger partial charge is 0.0410 e. The lowest BCUT2D eigenvalue weighted by atomic mass is 9.75. The summed E-state index contributed by atoms with van der Waals surface area (Å²) in [5.74, 6) is 0. The molecule has 4 heteroatoms. The molecule has 18 heavy (non-hydrogen) atoms. The molecule has 0 spiro atoms. The third-order valence-corrected chi connectivity index (χ3v) is 4.44. The van der Waals surface area contributed by atoms with Crippen LogP contribution in [0.4, 0.5) is 0 Å². The second-order valence-corrected chi connectivity index (χ2v) is 6.57. The Labute approximate surface area is 118 Å². The SMILES string of the molecule is CN(Cc1cncc(Br)c1)CC1(N(C)C)CCC1. The van der Waals surface area contributed by atoms with Crippen LogP contribution in [0.25, 0.3) is 0 Å². The van der Waals surface area contributed by atoms with E-state index in [1.807, 2.05) is 12.4 Å². The fourth-order valence-electron chi connectivity index (χ4n) is 2.74. The summed E-state index contributed by atoms with van der Waals surface area (Å²) >= 11 is 3.47. The van der Waals surface area contributed by atoms with E-state index in [9.17, 15) is 0 Å². The molecule has 0 radical (unpaired) electrons. The van der Waals surface area contributed by atoms with Crippen molar-refractivity contribution in [2.24, 2.45) is 0 Å². The predicted octanol–water partition coefficient (Wildman–Crippen LogP) is 2.76. The zero-order chi connectivity index (χ0) is 13.2. The van der Waals surface area contributed by atoms with Crippen LogP contribution in [0.3, 0.4) is 0 Å². The maximum Gasteiger partial charge on any atom is 0.0410 e. The van der Waals surface area contributed by atoms with Gasteiger partial charge in [-0.25, -0.2) is 0 Å². The van der Waals surface area contributed by atoms with E-state index in [1.165, 1.54) is 24.8 Å². The molecule has 1 aliphatic carbocycles. The molecule has 1 saturated carbocycles. The van der Waals surface area contributed by atoms with Gasteiger partial charge in [0.25, 0.3) is 0 Å². The number of nitrogens with zero attached hydrogens (tertiary/aromatic N) is 3. The lowest BCUT2D eigenvalue weighted by Crippen LogP contribution is -2.56. The largest absolute Gasteiger partial charge is 0.302 e. The summed E-state index contributed by atoms with van der Waals surface area (Å²) in [4.78, 5) is 9.02. The Kier molecular flexibility index (Phi) is 4.41. The molecule has 0 N–H and O–H groups in total. The molecular weight excluding hydrogens is 290 g/mol. The van der Waals surface area contributed by atoms with E-state index in [2.05, 4.69) is 57.9 Å². The van der Waals surface area contributed by atoms with Crippen LogP contribution in [0.5, 0.6) is 0 Å². The number of aromatic nitrogens is 1. The Balaban J connectivity index is 1.94. The molecule has 1 aromatic rings. The van der Waals surface area contributed by atoms with Crippen LogP contribution in [0, 0.1) is 0 Å². The Morgan fingerprint density at radius 1 is 1.28 bits per heavy atom. The van der Waals surface area contributed by atoms with Crippen LogP contribution in [-0.2, 0) is 6.54 Å². The van der Waals surface area contributed by atoms with Crippen molar-refractivity contribution in [3.8, 4) is 0 Å². The van der Waals surface area contributed by atoms with E-state index >= 15 is 0 Å². The zero-order valence-corrected chi connectivity index (χ0v) is 13.1. The monoisotopic (exact) mass is 311 g/mol. The van der Waals surface area contributed by atoms with Crippen molar-refractivity contribution in [2.45, 2.75) is 31.3 Å². The maximum atomic E-state index is 4.22. The van der Waals surface area contributed by atoms with E-state index in [0.717, 1.165) is 17.6 Å². The van der Waals surface area contributed by atoms with Crippen molar-refractivity contribution in [3.63, 3.8) is 0 Å². The summed E-state index contributed by atoms with van der Waals surface area (Å²) in [7, 11) is 6.60. The summed E-state index contributed by atoms with van der Waals surface area (Å²) < 4.78 is 1.05. The molecule has 0 aromatic carbocycles. The van der Waals surface area contributed by atoms with Gasteiger partial charge in [-0.1, -0.05) is 0 Å². The molecule has 1 aromatic heterocycles. The van der Waals surface area contributed by atoms with E-state index < -0.39 is 0 Å². The number of likely N-dealkylation sites (N-methyl/N-ethyl adjacent to an activating group) is 2. The third kappa shape index (κ3) is 3.11. The summed E-state index contributed by atoms with van der Waals surface area (Å²) in [6.07, 6.45) is 7.79. The van der Waals surface area contributed by atoms with Gasteiger partial charge < -0.3 is 9.80 Å². The molecule has 0 saturated heterocycles. The van der Waals surface area contributed by atoms with E-state index in [0.29, 0.717) is 5.54 Å². The highest BCUT2D eigenvalue weighted by Crippen LogP contribution is 2.36. The average Bonchev–Trinajstić information content (AvgIpc) is 2.23. The van der Waals surface area contributed by atoms with Gasteiger partial charge in [0.15, 0.2) is 0 Å². The number of hydrogen-bond acceptors (Lipinski definition) is 3. The minimum atomic E-state index is 0.397. The van der Waals surface area contributed by atoms with Crippen LogP contribution < -0.4 is 0 Å². The summed E-state index contributed by atoms with van der Waals surface area (Å²) in [5, 5.41) is 0. The van der Waals surface area contributed by atoms with Crippen LogP contribution in [0.2, 0.25) is 0 Å². The van der Waals surface area contributed by atoms with Gasteiger partial charge in [0.05, 0.1) is 0 Å². The van der Waals surface area contributed by atoms with Crippen LogP contribution in [0.15, 0.2) is 22.9 Å². The van der Waals surface area contributed by atoms with E-state index in [4.69, 9.17) is 0 Å². The molecule has 3 nitrogen and oxygen atoms in total. The first-order valence-electron chi connectivity index (χ1n) is 6.47. The minimum Gasteiger partial charge on any atom is -0.302 e. The second-order valence-electron chi connectivity index (χ2n) is 5.66. The number of hydrogen-bond donors (Lipinski definition) is 0. The average molecular weight is 312 g/mol. The molecule has 0 aliphatic heterocycles. The molecule has 2 rings (SSSR count). The van der Waals surface area contributed by atoms with Crippen LogP contribution in [0.1, 0.15) is 24.8 Å². The van der Waals surface area contributed by atoms with Gasteiger partial charge in [-0.15, -0.1) is 0 Å². The zero-order valence-electron chi connectivity index (χ0n) is 11.5. The van der Waals surface area contributed by atoms with Gasteiger partial charge in [-0.05, 0) is 68.0 Å². The number of halogens is 1. The Bertz CT molecular complexity index is 402. The molecule has 0 unspecified atom stereocenters. The summed E-state index contributed by atoms with van der Waals surface area (Å²) in [6, 6.07) is 2.15. The predicted molar refractivity (Wildman–Crippen MR) is 78.5 cm³/mol. The molecule has 0 bridgehead atoms. The molecule has 1 heterocycles. The first kappa shape index (κ1) is 14.0. The number of pyridine rings is 1. The highest BCUT2D eigenvalue weighted by molar-refractivity contribution is 9.10. The van der Waals surface area contributed by atoms with Crippen molar-refractivity contribution < 1.29 is 0 Å². The topological polar surface area (TPSA) is 19.4 Å². The van der Waals surface area contributed by atoms with Crippen LogP contribution in [-0.4, -0.2) is 48.0 Å². The highest BCUT2D eigenvalue weighted by atomic mass is 79.9. The minimum absolute atomic E-state index is 0.397. The first-order chi connectivity index (χ1) is 8.52. The van der Waals surface area contributed by atoms with Crippen molar-refractivity contribution >= 4 is 15.9 Å². The molecule has 100 valence electrons. The fourth-order valence-corrected chi connectivity index (χ4v) is 3.16. The van der Waals surface area contributed by atoms with Crippen molar-refractivity contribution in [1.82, 2.24) is 14.8 Å². The quantitative estimate of drug-likeness (QED) is 0.833. The van der Waals surface area contributed by atoms with Crippen molar-refractivity contribution in [3.05, 3.63) is 28.5 Å². The van der Waals surface area contributed by atoms with Gasteiger partial charge in [0.2, 0.25) is 0 Å². The molecule has 0 atom stereocenters. The Hall–Kier alpha value is -0.450. The van der Waals surface area contributed by atoms with E-state index in [-0.39, 0.29) is 0 Å². The second kappa shape index (κ2) is 5.68. The normalized spacial score (nSPS) is 18.1. The first-order valence-corrected chi connectivity index (χ1v) is 7.26. The molecule has 1 fully saturated rings. The molecule has 1 aliphatic rings. The van der Waals surface area contributed by atoms with Gasteiger partial charge in [0.1, 0.15) is 0 Å². The van der Waals surface area contributed by atoms with Crippen molar-refractivity contribution in [2.75, 3.05) is 27.7 Å². The van der Waals surface area contributed by atoms with Crippen LogP contribution >= 0.6 is 15.9 Å². The Morgan fingerprint density at radius 3 is 2.50 bits per heavy atom. The van der Waals surface area contributed by atoms with Gasteiger partial charge in [-0.3, -0.25) is 4.98 Å². The lowest BCUT2D eigenvalue weighted by Gasteiger charge is -2.49. The van der Waals surface area contributed by atoms with E-state index in [1.54, 1.807) is 0 Å². The highest BCUT2D eigenvalue weighted by Gasteiger charge is 2.39. The van der Waals surface area contributed by atoms with Crippen molar-refractivity contribution in [1.29, 1.82) is 0 Å². The summed E-state index contributed by atoms with van der Waals surface area (Å²) in [6.45, 7) is 2.09. The lowest BCUT2D eigenvalue weighted by molar-refractivity contribution is 0.0259. The third-order valence-electron chi connectivity index (χ3n) is 4.01. The fraction of sp³-hybridized carbons (Fsp3) is 0.643. The standard InChI is InChI=1S/C14H22BrN3/c1-17(2)14(5-4-6-14)11-18(3)10-12-7-13(15)9-16-8-12/h7-9H,4-6,10-11H2,1-3H3. The summed E-state index contributed by atoms with van der Waals surface area (Å²) in [5.41, 5.74) is 1.66. The Morgan fingerprint density at radius 2 is 2.00 bits per heavy atom. The van der Waals surface area contributed by atoms with Gasteiger partial charge in [-0.2, -0.15) is 0 Å².